The lowest BCUT2D eigenvalue weighted by molar-refractivity contribution is 0.0713. The molecule has 174 valence electrons. The van der Waals surface area contributed by atoms with Crippen LogP contribution >= 0.6 is 11.6 Å². The number of rotatable bonds is 4. The monoisotopic (exact) mass is 480 g/mol. The minimum absolute atomic E-state index is 0.0580. The molecular weight excluding hydrogens is 459 g/mol. The van der Waals surface area contributed by atoms with Crippen LogP contribution in [-0.2, 0) is 7.05 Å². The van der Waals surface area contributed by atoms with Gasteiger partial charge in [0.1, 0.15) is 16.4 Å². The highest BCUT2D eigenvalue weighted by molar-refractivity contribution is 6.34. The van der Waals surface area contributed by atoms with Crippen LogP contribution in [0.5, 0.6) is 0 Å². The number of carbonyl (C=O) groups excluding carboxylic acids is 1. The van der Waals surface area contributed by atoms with Gasteiger partial charge in [0.2, 0.25) is 0 Å². The number of amides is 1. The molecule has 8 nitrogen and oxygen atoms in total. The van der Waals surface area contributed by atoms with Crippen molar-refractivity contribution in [1.29, 1.82) is 0 Å². The third kappa shape index (κ3) is 4.14. The number of benzene rings is 2. The lowest BCUT2D eigenvalue weighted by Crippen LogP contribution is -2.39. The van der Waals surface area contributed by atoms with E-state index in [0.717, 1.165) is 18.4 Å². The summed E-state index contributed by atoms with van der Waals surface area (Å²) in [6, 6.07) is 11.9. The van der Waals surface area contributed by atoms with Crippen LogP contribution in [0.25, 0.3) is 11.0 Å². The van der Waals surface area contributed by atoms with Gasteiger partial charge in [0.15, 0.2) is 0 Å². The van der Waals surface area contributed by atoms with Crippen LogP contribution in [0, 0.1) is 5.82 Å². The fourth-order valence-corrected chi connectivity index (χ4v) is 4.65. The zero-order valence-electron chi connectivity index (χ0n) is 18.4. The highest BCUT2D eigenvalue weighted by Crippen LogP contribution is 2.32. The minimum Gasteiger partial charge on any atom is -0.353 e. The zero-order chi connectivity index (χ0) is 23.8. The van der Waals surface area contributed by atoms with Crippen molar-refractivity contribution in [3.8, 4) is 0 Å². The lowest BCUT2D eigenvalue weighted by atomic mass is 9.89. The van der Waals surface area contributed by atoms with Crippen LogP contribution in [0.15, 0.2) is 53.5 Å². The number of nitrogens with zero attached hydrogens (tertiary/aromatic N) is 4. The number of likely N-dealkylation sites (tertiary alicyclic amines) is 1. The molecule has 0 saturated carbocycles. The van der Waals surface area contributed by atoms with Crippen molar-refractivity contribution >= 4 is 39.9 Å². The van der Waals surface area contributed by atoms with Gasteiger partial charge in [-0.1, -0.05) is 28.9 Å². The number of aromatic amines is 1. The molecule has 34 heavy (non-hydrogen) atoms. The first-order chi connectivity index (χ1) is 16.4. The molecule has 1 amide bonds. The number of H-pyrrole nitrogens is 1. The largest absolute Gasteiger partial charge is 0.353 e. The van der Waals surface area contributed by atoms with E-state index in [2.05, 4.69) is 20.7 Å². The first kappa shape index (κ1) is 22.1. The summed E-state index contributed by atoms with van der Waals surface area (Å²) in [5.41, 5.74) is 3.29. The average Bonchev–Trinajstić information content (AvgIpc) is 3.32. The van der Waals surface area contributed by atoms with Crippen molar-refractivity contribution in [3.63, 3.8) is 0 Å². The van der Waals surface area contributed by atoms with E-state index in [0.29, 0.717) is 35.4 Å². The van der Waals surface area contributed by atoms with Crippen LogP contribution in [0.1, 0.15) is 34.7 Å². The van der Waals surface area contributed by atoms with Gasteiger partial charge in [-0.3, -0.25) is 14.7 Å². The summed E-state index contributed by atoms with van der Waals surface area (Å²) in [5.74, 6) is -0.201. The fourth-order valence-electron chi connectivity index (χ4n) is 4.37. The number of nitrogens with one attached hydrogen (secondary N) is 2. The number of hydrogen-bond donors (Lipinski definition) is 2. The van der Waals surface area contributed by atoms with Crippen LogP contribution < -0.4 is 10.9 Å². The third-order valence-corrected chi connectivity index (χ3v) is 6.62. The first-order valence-electron chi connectivity index (χ1n) is 10.9. The third-order valence-electron chi connectivity index (χ3n) is 6.27. The van der Waals surface area contributed by atoms with Gasteiger partial charge in [0.05, 0.1) is 16.8 Å². The molecule has 1 fully saturated rings. The van der Waals surface area contributed by atoms with Crippen LogP contribution in [0.3, 0.4) is 0 Å². The van der Waals surface area contributed by atoms with Gasteiger partial charge >= 0.3 is 0 Å². The maximum absolute atomic E-state index is 13.5. The summed E-state index contributed by atoms with van der Waals surface area (Å²) in [7, 11) is 1.57. The predicted octanol–water partition coefficient (Wildman–Crippen LogP) is 4.21. The Morgan fingerprint density at radius 1 is 1.18 bits per heavy atom. The minimum atomic E-state index is -0.403. The number of anilines is 2. The molecule has 1 aliphatic heterocycles. The van der Waals surface area contributed by atoms with Gasteiger partial charge in [0.25, 0.3) is 11.5 Å². The number of carbonyl (C=O) groups is 1. The second-order valence-corrected chi connectivity index (χ2v) is 8.81. The van der Waals surface area contributed by atoms with Crippen molar-refractivity contribution in [2.45, 2.75) is 18.8 Å². The molecule has 2 aromatic heterocycles. The molecule has 5 rings (SSSR count). The number of hydrogen-bond acceptors (Lipinski definition) is 5. The predicted molar refractivity (Wildman–Crippen MR) is 128 cm³/mol. The Bertz CT molecular complexity index is 1420. The number of aryl methyl sites for hydroxylation is 1. The standard InChI is InChI=1S/C24H22ClFN6O2/c1-31-13-18(23(33)32-10-8-15(9-11-32)14-2-4-16(26)5-3-14)22(21(25)24(31)34)27-17-6-7-19-20(12-17)29-30-28-19/h2-7,12-13,15,27H,8-11H2,1H3,(H,28,29,30). The van der Waals surface area contributed by atoms with Crippen molar-refractivity contribution in [2.75, 3.05) is 18.4 Å². The van der Waals surface area contributed by atoms with Gasteiger partial charge in [-0.25, -0.2) is 4.39 Å². The zero-order valence-corrected chi connectivity index (χ0v) is 19.1. The van der Waals surface area contributed by atoms with Crippen molar-refractivity contribution in [1.82, 2.24) is 24.9 Å². The maximum Gasteiger partial charge on any atom is 0.271 e. The SMILES string of the molecule is Cn1cc(C(=O)N2CCC(c3ccc(F)cc3)CC2)c(Nc2ccc3nn[nH]c3c2)c(Cl)c1=O. The van der Waals surface area contributed by atoms with Crippen molar-refractivity contribution < 1.29 is 9.18 Å². The second kappa shape index (κ2) is 8.90. The molecular formula is C24H22ClFN6O2. The molecule has 2 N–H and O–H groups in total. The van der Waals surface area contributed by atoms with E-state index in [9.17, 15) is 14.0 Å². The van der Waals surface area contributed by atoms with Crippen molar-refractivity contribution in [2.24, 2.45) is 7.05 Å². The van der Waals surface area contributed by atoms with E-state index in [-0.39, 0.29) is 28.4 Å². The van der Waals surface area contributed by atoms with E-state index in [1.54, 1.807) is 42.3 Å². The Kier molecular flexibility index (Phi) is 5.79. The molecule has 0 spiro atoms. The van der Waals surface area contributed by atoms with E-state index >= 15 is 0 Å². The Labute approximate surface area is 199 Å². The number of pyridine rings is 1. The van der Waals surface area contributed by atoms with Crippen molar-refractivity contribution in [3.05, 3.63) is 81.0 Å². The number of aromatic nitrogens is 4. The Morgan fingerprint density at radius 2 is 1.91 bits per heavy atom. The summed E-state index contributed by atoms with van der Waals surface area (Å²) >= 11 is 6.42. The molecule has 0 unspecified atom stereocenters. The van der Waals surface area contributed by atoms with Crippen LogP contribution in [-0.4, -0.2) is 43.9 Å². The Balaban J connectivity index is 1.40. The van der Waals surface area contributed by atoms with Gasteiger partial charge in [0, 0.05) is 32.0 Å². The van der Waals surface area contributed by atoms with E-state index in [4.69, 9.17) is 11.6 Å². The van der Waals surface area contributed by atoms with Crippen LogP contribution in [0.2, 0.25) is 5.02 Å². The highest BCUT2D eigenvalue weighted by atomic mass is 35.5. The smallest absolute Gasteiger partial charge is 0.271 e. The van der Waals surface area contributed by atoms with E-state index < -0.39 is 5.56 Å². The molecule has 1 saturated heterocycles. The van der Waals surface area contributed by atoms with Gasteiger partial charge in [-0.05, 0) is 54.7 Å². The fraction of sp³-hybridized carbons (Fsp3) is 0.250. The average molecular weight is 481 g/mol. The molecule has 0 bridgehead atoms. The Hall–Kier alpha value is -3.72. The molecule has 3 heterocycles. The maximum atomic E-state index is 13.5. The number of piperidine rings is 1. The summed E-state index contributed by atoms with van der Waals surface area (Å²) < 4.78 is 14.6. The molecule has 10 heteroatoms. The second-order valence-electron chi connectivity index (χ2n) is 8.43. The highest BCUT2D eigenvalue weighted by Gasteiger charge is 2.28. The summed E-state index contributed by atoms with van der Waals surface area (Å²) in [6.45, 7) is 1.10. The quantitative estimate of drug-likeness (QED) is 0.456. The first-order valence-corrected chi connectivity index (χ1v) is 11.3. The van der Waals surface area contributed by atoms with Gasteiger partial charge in [-0.15, -0.1) is 5.10 Å². The van der Waals surface area contributed by atoms with E-state index in [1.807, 2.05) is 0 Å². The lowest BCUT2D eigenvalue weighted by Gasteiger charge is -2.33. The molecule has 1 aliphatic rings. The topological polar surface area (TPSA) is 95.9 Å². The molecule has 0 atom stereocenters. The van der Waals surface area contributed by atoms with Crippen LogP contribution in [0.4, 0.5) is 15.8 Å². The molecule has 2 aromatic carbocycles. The van der Waals surface area contributed by atoms with Gasteiger partial charge < -0.3 is 14.8 Å². The Morgan fingerprint density at radius 3 is 2.65 bits per heavy atom. The molecule has 0 aliphatic carbocycles. The number of halogens is 2. The summed E-state index contributed by atoms with van der Waals surface area (Å²) in [5, 5.41) is 13.6. The molecule has 4 aromatic rings. The summed E-state index contributed by atoms with van der Waals surface area (Å²) in [6.07, 6.45) is 3.05. The summed E-state index contributed by atoms with van der Waals surface area (Å²) in [4.78, 5) is 27.8. The molecule has 0 radical (unpaired) electrons. The van der Waals surface area contributed by atoms with Gasteiger partial charge in [-0.2, -0.15) is 0 Å². The van der Waals surface area contributed by atoms with E-state index in [1.165, 1.54) is 22.9 Å². The number of fused-ring (bicyclic) bond motifs is 1. The normalized spacial score (nSPS) is 14.5.